The van der Waals surface area contributed by atoms with Crippen molar-refractivity contribution in [1.82, 2.24) is 10.6 Å². The van der Waals surface area contributed by atoms with Gasteiger partial charge in [-0.25, -0.2) is 0 Å². The van der Waals surface area contributed by atoms with Gasteiger partial charge < -0.3 is 15.4 Å². The predicted octanol–water partition coefficient (Wildman–Crippen LogP) is 4.24. The maximum absolute atomic E-state index is 12.3. The molecule has 148 valence electrons. The van der Waals surface area contributed by atoms with Crippen LogP contribution in [0.25, 0.3) is 0 Å². The maximum atomic E-state index is 12.3. The van der Waals surface area contributed by atoms with Crippen molar-refractivity contribution in [3.63, 3.8) is 0 Å². The van der Waals surface area contributed by atoms with Crippen molar-refractivity contribution >= 4 is 29.9 Å². The molecule has 1 saturated carbocycles. The van der Waals surface area contributed by atoms with Gasteiger partial charge in [-0.15, -0.1) is 24.0 Å². The Morgan fingerprint density at radius 2 is 1.92 bits per heavy atom. The van der Waals surface area contributed by atoms with Crippen molar-refractivity contribution in [2.75, 3.05) is 27.2 Å². The van der Waals surface area contributed by atoms with Crippen LogP contribution in [0.3, 0.4) is 0 Å². The van der Waals surface area contributed by atoms with Crippen molar-refractivity contribution in [2.24, 2.45) is 4.99 Å². The molecule has 1 aliphatic carbocycles. The molecule has 0 atom stereocenters. The van der Waals surface area contributed by atoms with Gasteiger partial charge in [0, 0.05) is 25.6 Å². The zero-order chi connectivity index (χ0) is 18.3. The Hall–Kier alpha value is -1.19. The van der Waals surface area contributed by atoms with Gasteiger partial charge in [0.1, 0.15) is 5.75 Å². The average molecular weight is 485 g/mol. The van der Waals surface area contributed by atoms with Gasteiger partial charge in [0.2, 0.25) is 0 Å². The van der Waals surface area contributed by atoms with Crippen LogP contribution < -0.4 is 15.4 Å². The molecule has 0 saturated heterocycles. The summed E-state index contributed by atoms with van der Waals surface area (Å²) in [6.07, 6.45) is -0.703. The molecule has 4 nitrogen and oxygen atoms in total. The van der Waals surface area contributed by atoms with Crippen LogP contribution in [0.15, 0.2) is 29.3 Å². The standard InChI is InChI=1S/C18H26F3N3O.HI/c1-22-16(23-11-10-18(19,20)21)24-13-17(8-3-4-9-17)14-6-5-7-15(12-14)25-2;/h5-7,12H,3-4,8-11,13H2,1-2H3,(H2,22,23,24);1H. The van der Waals surface area contributed by atoms with Gasteiger partial charge in [-0.1, -0.05) is 25.0 Å². The molecular formula is C18H27F3IN3O. The zero-order valence-electron chi connectivity index (χ0n) is 15.2. The minimum Gasteiger partial charge on any atom is -0.497 e. The van der Waals surface area contributed by atoms with Crippen LogP contribution in [0.1, 0.15) is 37.7 Å². The second-order valence-electron chi connectivity index (χ2n) is 6.44. The average Bonchev–Trinajstić information content (AvgIpc) is 3.07. The third-order valence-corrected chi connectivity index (χ3v) is 4.76. The normalized spacial score (nSPS) is 16.7. The summed E-state index contributed by atoms with van der Waals surface area (Å²) in [6, 6.07) is 8.03. The fourth-order valence-electron chi connectivity index (χ4n) is 3.37. The lowest BCUT2D eigenvalue weighted by Crippen LogP contribution is -2.45. The van der Waals surface area contributed by atoms with E-state index < -0.39 is 12.6 Å². The van der Waals surface area contributed by atoms with E-state index in [2.05, 4.69) is 21.7 Å². The molecule has 0 radical (unpaired) electrons. The quantitative estimate of drug-likeness (QED) is 0.360. The number of halogens is 4. The van der Waals surface area contributed by atoms with E-state index in [1.54, 1.807) is 14.2 Å². The number of alkyl halides is 3. The molecule has 0 spiro atoms. The minimum absolute atomic E-state index is 0. The highest BCUT2D eigenvalue weighted by Gasteiger charge is 2.36. The van der Waals surface area contributed by atoms with E-state index in [1.165, 1.54) is 5.56 Å². The topological polar surface area (TPSA) is 45.7 Å². The lowest BCUT2D eigenvalue weighted by Gasteiger charge is -2.31. The summed E-state index contributed by atoms with van der Waals surface area (Å²) in [7, 11) is 3.21. The number of benzene rings is 1. The van der Waals surface area contributed by atoms with Gasteiger partial charge >= 0.3 is 6.18 Å². The van der Waals surface area contributed by atoms with Gasteiger partial charge in [0.05, 0.1) is 13.5 Å². The highest BCUT2D eigenvalue weighted by Crippen LogP contribution is 2.41. The highest BCUT2D eigenvalue weighted by atomic mass is 127. The zero-order valence-corrected chi connectivity index (χ0v) is 17.5. The Labute approximate surface area is 170 Å². The minimum atomic E-state index is -4.17. The molecule has 0 aromatic heterocycles. The van der Waals surface area contributed by atoms with Crippen LogP contribution in [0.5, 0.6) is 5.75 Å². The van der Waals surface area contributed by atoms with Crippen LogP contribution >= 0.6 is 24.0 Å². The van der Waals surface area contributed by atoms with Crippen molar-refractivity contribution in [3.8, 4) is 5.75 Å². The summed E-state index contributed by atoms with van der Waals surface area (Å²) in [5.74, 6) is 1.22. The Balaban J connectivity index is 0.00000338. The van der Waals surface area contributed by atoms with E-state index in [0.29, 0.717) is 12.5 Å². The first-order chi connectivity index (χ1) is 11.9. The molecule has 0 heterocycles. The first kappa shape index (κ1) is 22.9. The van der Waals surface area contributed by atoms with E-state index in [0.717, 1.165) is 31.4 Å². The maximum Gasteiger partial charge on any atom is 0.390 e. The van der Waals surface area contributed by atoms with Crippen LogP contribution in [0.4, 0.5) is 13.2 Å². The number of nitrogens with zero attached hydrogens (tertiary/aromatic N) is 1. The van der Waals surface area contributed by atoms with Gasteiger partial charge in [0.25, 0.3) is 0 Å². The molecule has 2 N–H and O–H groups in total. The third-order valence-electron chi connectivity index (χ3n) is 4.76. The number of nitrogens with one attached hydrogen (secondary N) is 2. The van der Waals surface area contributed by atoms with E-state index in [4.69, 9.17) is 4.74 Å². The van der Waals surface area contributed by atoms with Gasteiger partial charge in [-0.2, -0.15) is 13.2 Å². The van der Waals surface area contributed by atoms with Crippen molar-refractivity contribution in [3.05, 3.63) is 29.8 Å². The largest absolute Gasteiger partial charge is 0.497 e. The first-order valence-corrected chi connectivity index (χ1v) is 8.54. The fraction of sp³-hybridized carbons (Fsp3) is 0.611. The number of methoxy groups -OCH3 is 1. The summed E-state index contributed by atoms with van der Waals surface area (Å²) >= 11 is 0. The summed E-state index contributed by atoms with van der Waals surface area (Å²) in [6.45, 7) is 0.446. The van der Waals surface area contributed by atoms with Gasteiger partial charge in [0.15, 0.2) is 5.96 Å². The third kappa shape index (κ3) is 6.51. The Morgan fingerprint density at radius 1 is 1.23 bits per heavy atom. The summed E-state index contributed by atoms with van der Waals surface area (Å²) < 4.78 is 42.2. The Bertz CT molecular complexity index is 587. The molecule has 0 amide bonds. The Morgan fingerprint density at radius 3 is 2.50 bits per heavy atom. The monoisotopic (exact) mass is 485 g/mol. The molecule has 26 heavy (non-hydrogen) atoms. The molecule has 1 aromatic carbocycles. The van der Waals surface area contributed by atoms with Crippen molar-refractivity contribution in [1.29, 1.82) is 0 Å². The van der Waals surface area contributed by atoms with E-state index >= 15 is 0 Å². The number of hydrogen-bond acceptors (Lipinski definition) is 2. The number of rotatable bonds is 6. The molecule has 1 aromatic rings. The van der Waals surface area contributed by atoms with Crippen molar-refractivity contribution in [2.45, 2.75) is 43.7 Å². The van der Waals surface area contributed by atoms with Crippen molar-refractivity contribution < 1.29 is 17.9 Å². The smallest absolute Gasteiger partial charge is 0.390 e. The molecular weight excluding hydrogens is 458 g/mol. The summed E-state index contributed by atoms with van der Waals surface area (Å²) in [5, 5.41) is 5.94. The van der Waals surface area contributed by atoms with Crippen LogP contribution in [-0.4, -0.2) is 39.4 Å². The van der Waals surface area contributed by atoms with Gasteiger partial charge in [-0.3, -0.25) is 4.99 Å². The van der Waals surface area contributed by atoms with Crippen LogP contribution in [-0.2, 0) is 5.41 Å². The molecule has 1 fully saturated rings. The first-order valence-electron chi connectivity index (χ1n) is 8.54. The van der Waals surface area contributed by atoms with E-state index in [1.807, 2.05) is 18.2 Å². The lowest BCUT2D eigenvalue weighted by molar-refractivity contribution is -0.132. The summed E-state index contributed by atoms with van der Waals surface area (Å²) in [5.41, 5.74) is 1.15. The van der Waals surface area contributed by atoms with E-state index in [9.17, 15) is 13.2 Å². The molecule has 0 unspecified atom stereocenters. The van der Waals surface area contributed by atoms with E-state index in [-0.39, 0.29) is 35.9 Å². The van der Waals surface area contributed by atoms with Crippen LogP contribution in [0, 0.1) is 0 Å². The molecule has 0 aliphatic heterocycles. The second kappa shape index (κ2) is 10.2. The highest BCUT2D eigenvalue weighted by molar-refractivity contribution is 14.0. The fourth-order valence-corrected chi connectivity index (χ4v) is 3.37. The molecule has 2 rings (SSSR count). The molecule has 1 aliphatic rings. The number of hydrogen-bond donors (Lipinski definition) is 2. The van der Waals surface area contributed by atoms with Crippen LogP contribution in [0.2, 0.25) is 0 Å². The Kier molecular flexibility index (Phi) is 8.99. The number of aliphatic imine (C=N–C) groups is 1. The summed E-state index contributed by atoms with van der Waals surface area (Å²) in [4.78, 5) is 4.03. The molecule has 0 bridgehead atoms. The molecule has 8 heteroatoms. The number of guanidine groups is 1. The lowest BCUT2D eigenvalue weighted by atomic mass is 9.78. The second-order valence-corrected chi connectivity index (χ2v) is 6.44. The SMILES string of the molecule is CN=C(NCCC(F)(F)F)NCC1(c2cccc(OC)c2)CCCC1.I. The predicted molar refractivity (Wildman–Crippen MR) is 109 cm³/mol. The number of ether oxygens (including phenoxy) is 1. The van der Waals surface area contributed by atoms with Gasteiger partial charge in [-0.05, 0) is 30.5 Å².